The van der Waals surface area contributed by atoms with E-state index in [9.17, 15) is 4.39 Å². The van der Waals surface area contributed by atoms with Crippen LogP contribution < -0.4 is 21.1 Å². The number of aliphatic imine (C=N–C) groups is 2. The Hall–Kier alpha value is -3.82. The van der Waals surface area contributed by atoms with Crippen molar-refractivity contribution in [2.45, 2.75) is 18.8 Å². The number of hydrogen-bond donors (Lipinski definition) is 3. The van der Waals surface area contributed by atoms with Crippen LogP contribution in [0.25, 0.3) is 0 Å². The van der Waals surface area contributed by atoms with E-state index in [0.29, 0.717) is 52.7 Å². The molecule has 2 heterocycles. The number of amidine groups is 2. The topological polar surface area (TPSA) is 102 Å². The lowest BCUT2D eigenvalue weighted by Gasteiger charge is -2.14. The van der Waals surface area contributed by atoms with E-state index in [-0.39, 0.29) is 24.6 Å². The highest BCUT2D eigenvalue weighted by Crippen LogP contribution is 2.31. The quantitative estimate of drug-likeness (QED) is 0.315. The average molecular weight is 510 g/mol. The Kier molecular flexibility index (Phi) is 6.92. The minimum absolute atomic E-state index is 0.0285. The van der Waals surface area contributed by atoms with Crippen LogP contribution in [0.3, 0.4) is 0 Å². The van der Waals surface area contributed by atoms with Gasteiger partial charge in [0.2, 0.25) is 0 Å². The van der Waals surface area contributed by atoms with Gasteiger partial charge in [-0.1, -0.05) is 23.7 Å². The molecule has 0 radical (unpaired) electrons. The zero-order valence-corrected chi connectivity index (χ0v) is 20.3. The van der Waals surface area contributed by atoms with Crippen LogP contribution in [0, 0.1) is 5.82 Å². The number of nitrogens with two attached hydrogens (primary N) is 1. The molecule has 10 heteroatoms. The fourth-order valence-corrected chi connectivity index (χ4v) is 4.21. The van der Waals surface area contributed by atoms with E-state index in [1.807, 2.05) is 25.2 Å². The Labute approximate surface area is 212 Å². The second-order valence-corrected chi connectivity index (χ2v) is 8.77. The maximum atomic E-state index is 13.4. The zero-order valence-electron chi connectivity index (χ0n) is 19.5. The molecule has 5 rings (SSSR count). The van der Waals surface area contributed by atoms with Gasteiger partial charge in [0.15, 0.2) is 0 Å². The van der Waals surface area contributed by atoms with Gasteiger partial charge in [0.05, 0.1) is 23.9 Å². The molecule has 186 valence electrons. The van der Waals surface area contributed by atoms with Crippen molar-refractivity contribution in [3.05, 3.63) is 82.6 Å². The smallest absolute Gasteiger partial charge is 0.290 e. The number of halogens is 2. The molecule has 0 aliphatic carbocycles. The Bertz CT molecular complexity index is 1330. The van der Waals surface area contributed by atoms with Gasteiger partial charge in [-0.05, 0) is 54.1 Å². The molecule has 0 spiro atoms. The highest BCUT2D eigenvalue weighted by Gasteiger charge is 2.36. The monoisotopic (exact) mass is 509 g/mol. The van der Waals surface area contributed by atoms with Crippen LogP contribution in [-0.4, -0.2) is 44.3 Å². The van der Waals surface area contributed by atoms with E-state index >= 15 is 0 Å². The lowest BCUT2D eigenvalue weighted by molar-refractivity contribution is 0.138. The van der Waals surface area contributed by atoms with Gasteiger partial charge in [-0.25, -0.2) is 14.4 Å². The fraction of sp³-hybridized carbons (Fsp3) is 0.231. The first-order valence-corrected chi connectivity index (χ1v) is 11.8. The number of anilines is 2. The summed E-state index contributed by atoms with van der Waals surface area (Å²) in [5.74, 6) is 0.448. The standard InChI is InChI=1S/C26H25ClFN5O3/c1-30-21-7-5-17(32-26-33-22-13-34-14-24(22)36-26)10-19(21)25(29)31-18-6-8-23(20(27)11-18)35-12-15-3-2-4-16(28)9-15/h2-11,22,24,30H,12-14H2,1H3,(H2,29,31)(H,32,33). The van der Waals surface area contributed by atoms with Crippen LogP contribution in [0.15, 0.2) is 70.6 Å². The molecule has 2 atom stereocenters. The summed E-state index contributed by atoms with van der Waals surface area (Å²) in [6.45, 7) is 1.30. The molecule has 8 nitrogen and oxygen atoms in total. The number of fused-ring (bicyclic) bond motifs is 1. The predicted molar refractivity (Wildman–Crippen MR) is 139 cm³/mol. The zero-order chi connectivity index (χ0) is 25.1. The molecule has 1 fully saturated rings. The number of rotatable bonds is 7. The number of hydrogen-bond acceptors (Lipinski definition) is 7. The summed E-state index contributed by atoms with van der Waals surface area (Å²) in [5, 5.41) is 6.70. The second kappa shape index (κ2) is 10.4. The van der Waals surface area contributed by atoms with Crippen LogP contribution in [0.4, 0.5) is 21.5 Å². The molecule has 3 aromatic rings. The van der Waals surface area contributed by atoms with Crippen molar-refractivity contribution >= 4 is 40.5 Å². The second-order valence-electron chi connectivity index (χ2n) is 8.36. The summed E-state index contributed by atoms with van der Waals surface area (Å²) in [5.41, 5.74) is 9.93. The van der Waals surface area contributed by atoms with Crippen LogP contribution in [-0.2, 0) is 16.1 Å². The highest BCUT2D eigenvalue weighted by molar-refractivity contribution is 6.32. The maximum Gasteiger partial charge on any atom is 0.290 e. The summed E-state index contributed by atoms with van der Waals surface area (Å²) in [6.07, 6.45) is -0.0410. The molecular weight excluding hydrogens is 485 g/mol. The van der Waals surface area contributed by atoms with Crippen molar-refractivity contribution in [1.29, 1.82) is 0 Å². The molecule has 0 amide bonds. The van der Waals surface area contributed by atoms with Crippen molar-refractivity contribution in [1.82, 2.24) is 0 Å². The predicted octanol–water partition coefficient (Wildman–Crippen LogP) is 4.70. The Morgan fingerprint density at radius 2 is 2.08 bits per heavy atom. The van der Waals surface area contributed by atoms with Gasteiger partial charge < -0.3 is 30.6 Å². The molecule has 0 saturated carbocycles. The molecule has 4 N–H and O–H groups in total. The van der Waals surface area contributed by atoms with Crippen molar-refractivity contribution in [3.63, 3.8) is 0 Å². The Morgan fingerprint density at radius 1 is 1.19 bits per heavy atom. The van der Waals surface area contributed by atoms with Crippen molar-refractivity contribution in [2.24, 2.45) is 15.7 Å². The molecule has 2 aliphatic heterocycles. The minimum atomic E-state index is -0.316. The molecule has 0 aromatic heterocycles. The van der Waals surface area contributed by atoms with Crippen LogP contribution in [0.2, 0.25) is 5.02 Å². The van der Waals surface area contributed by atoms with Gasteiger partial charge in [-0.15, -0.1) is 0 Å². The van der Waals surface area contributed by atoms with Gasteiger partial charge in [0.25, 0.3) is 6.02 Å². The SMILES string of the molecule is CNc1ccc(NC2=NC3COCC3O2)cc1C(N)=Nc1ccc(OCc2cccc(F)c2)c(Cl)c1. The van der Waals surface area contributed by atoms with Gasteiger partial charge >= 0.3 is 0 Å². The summed E-state index contributed by atoms with van der Waals surface area (Å²) < 4.78 is 30.3. The Morgan fingerprint density at radius 3 is 2.86 bits per heavy atom. The van der Waals surface area contributed by atoms with Crippen LogP contribution in [0.1, 0.15) is 11.1 Å². The number of benzene rings is 3. The third-order valence-corrected chi connectivity index (χ3v) is 6.11. The largest absolute Gasteiger partial charge is 0.487 e. The number of ether oxygens (including phenoxy) is 3. The lowest BCUT2D eigenvalue weighted by Crippen LogP contribution is -2.22. The van der Waals surface area contributed by atoms with E-state index in [1.165, 1.54) is 12.1 Å². The third kappa shape index (κ3) is 5.37. The third-order valence-electron chi connectivity index (χ3n) is 5.81. The molecule has 36 heavy (non-hydrogen) atoms. The molecule has 2 unspecified atom stereocenters. The van der Waals surface area contributed by atoms with E-state index in [2.05, 4.69) is 20.6 Å². The van der Waals surface area contributed by atoms with Gasteiger partial charge in [0.1, 0.15) is 36.2 Å². The lowest BCUT2D eigenvalue weighted by atomic mass is 10.1. The van der Waals surface area contributed by atoms with E-state index < -0.39 is 0 Å². The first kappa shape index (κ1) is 23.9. The minimum Gasteiger partial charge on any atom is -0.487 e. The van der Waals surface area contributed by atoms with Crippen LogP contribution >= 0.6 is 11.6 Å². The molecule has 1 saturated heterocycles. The summed E-state index contributed by atoms with van der Waals surface area (Å²) >= 11 is 6.41. The molecule has 3 aromatic carbocycles. The molecular formula is C26H25ClFN5O3. The summed E-state index contributed by atoms with van der Waals surface area (Å²) in [6, 6.07) is 17.5. The van der Waals surface area contributed by atoms with Crippen LogP contribution in [0.5, 0.6) is 5.75 Å². The first-order chi connectivity index (χ1) is 17.5. The van der Waals surface area contributed by atoms with E-state index in [0.717, 1.165) is 11.4 Å². The van der Waals surface area contributed by atoms with Gasteiger partial charge in [-0.2, -0.15) is 0 Å². The number of nitrogens with zero attached hydrogens (tertiary/aromatic N) is 2. The maximum absolute atomic E-state index is 13.4. The van der Waals surface area contributed by atoms with E-state index in [4.69, 9.17) is 31.5 Å². The summed E-state index contributed by atoms with van der Waals surface area (Å²) in [7, 11) is 1.81. The van der Waals surface area contributed by atoms with Gasteiger partial charge in [-0.3, -0.25) is 0 Å². The fourth-order valence-electron chi connectivity index (χ4n) is 3.98. The summed E-state index contributed by atoms with van der Waals surface area (Å²) in [4.78, 5) is 9.07. The molecule has 0 bridgehead atoms. The highest BCUT2D eigenvalue weighted by atomic mass is 35.5. The average Bonchev–Trinajstić information content (AvgIpc) is 3.45. The number of nitrogens with one attached hydrogen (secondary N) is 2. The Balaban J connectivity index is 1.31. The normalized spacial score (nSPS) is 18.9. The van der Waals surface area contributed by atoms with Crippen molar-refractivity contribution in [3.8, 4) is 5.75 Å². The molecule has 2 aliphatic rings. The van der Waals surface area contributed by atoms with E-state index in [1.54, 1.807) is 30.3 Å². The van der Waals surface area contributed by atoms with Crippen molar-refractivity contribution in [2.75, 3.05) is 30.9 Å². The van der Waals surface area contributed by atoms with Gasteiger partial charge in [0, 0.05) is 24.0 Å². The van der Waals surface area contributed by atoms with Crippen molar-refractivity contribution < 1.29 is 18.6 Å². The first-order valence-electron chi connectivity index (χ1n) is 11.4.